The first-order chi connectivity index (χ1) is 15.3. The van der Waals surface area contributed by atoms with E-state index in [2.05, 4.69) is 10.3 Å². The molecule has 6 nitrogen and oxygen atoms in total. The maximum Gasteiger partial charge on any atom is 0.255 e. The Morgan fingerprint density at radius 1 is 1.03 bits per heavy atom. The van der Waals surface area contributed by atoms with Crippen molar-refractivity contribution in [3.8, 4) is 0 Å². The van der Waals surface area contributed by atoms with Crippen molar-refractivity contribution in [2.24, 2.45) is 5.73 Å². The quantitative estimate of drug-likeness (QED) is 0.546. The van der Waals surface area contributed by atoms with Gasteiger partial charge in [-0.1, -0.05) is 18.2 Å². The molecule has 1 aromatic heterocycles. The molecule has 162 valence electrons. The number of hydrogen-bond acceptors (Lipinski definition) is 5. The molecule has 4 rings (SSSR count). The average Bonchev–Trinajstić information content (AvgIpc) is 2.81. The summed E-state index contributed by atoms with van der Waals surface area (Å²) in [7, 11) is -3.20. The first kappa shape index (κ1) is 21.6. The normalized spacial score (nSPS) is 17.6. The molecule has 3 aromatic rings. The van der Waals surface area contributed by atoms with Crippen LogP contribution in [0, 0.1) is 10.6 Å². The van der Waals surface area contributed by atoms with E-state index in [1.165, 1.54) is 48.8 Å². The first-order valence-electron chi connectivity index (χ1n) is 9.88. The third-order valence-corrected chi connectivity index (χ3v) is 7.04. The molecule has 2 aromatic carbocycles. The second-order valence-corrected chi connectivity index (χ2v) is 9.38. The molecule has 2 atom stereocenters. The Labute approximate surface area is 185 Å². The van der Waals surface area contributed by atoms with Gasteiger partial charge < -0.3 is 11.1 Å². The Morgan fingerprint density at radius 3 is 2.31 bits per heavy atom. The Morgan fingerprint density at radius 2 is 1.66 bits per heavy atom. The lowest BCUT2D eigenvalue weighted by atomic mass is 9.95. The van der Waals surface area contributed by atoms with Gasteiger partial charge in [-0.2, -0.15) is 0 Å². The third kappa shape index (κ3) is 4.51. The van der Waals surface area contributed by atoms with Gasteiger partial charge in [0.1, 0.15) is 15.5 Å². The summed E-state index contributed by atoms with van der Waals surface area (Å²) in [6.45, 7) is 0. The zero-order valence-corrected chi connectivity index (χ0v) is 17.8. The predicted octanol–water partition coefficient (Wildman–Crippen LogP) is 4.11. The van der Waals surface area contributed by atoms with Gasteiger partial charge in [0.15, 0.2) is 0 Å². The Bertz CT molecular complexity index is 1300. The number of nitrogens with zero attached hydrogens (tertiary/aromatic N) is 1. The summed E-state index contributed by atoms with van der Waals surface area (Å²) in [6.07, 6.45) is 7.24. The minimum atomic E-state index is -3.20. The molecular formula is C24H21FN4O2S. The number of carbonyl (C=O) groups excluding carboxylic acids is 1. The van der Waals surface area contributed by atoms with E-state index in [0.29, 0.717) is 27.5 Å². The highest BCUT2D eigenvalue weighted by molar-refractivity contribution is 7.92. The summed E-state index contributed by atoms with van der Waals surface area (Å²) in [6, 6.07) is 14.9. The molecule has 1 amide bonds. The summed E-state index contributed by atoms with van der Waals surface area (Å²) in [5, 5.41) is 2.84. The van der Waals surface area contributed by atoms with Gasteiger partial charge in [-0.05, 0) is 72.2 Å². The molecule has 0 fully saturated rings. The van der Waals surface area contributed by atoms with Crippen LogP contribution in [0.5, 0.6) is 0 Å². The lowest BCUT2D eigenvalue weighted by Crippen LogP contribution is -2.36. The van der Waals surface area contributed by atoms with Crippen molar-refractivity contribution in [3.63, 3.8) is 0 Å². The van der Waals surface area contributed by atoms with Gasteiger partial charge in [-0.25, -0.2) is 13.4 Å². The van der Waals surface area contributed by atoms with Crippen molar-refractivity contribution in [2.75, 3.05) is 0 Å². The molecule has 1 heterocycles. The summed E-state index contributed by atoms with van der Waals surface area (Å²) in [5.74, 6) is -0.678. The van der Waals surface area contributed by atoms with Crippen LogP contribution >= 0.6 is 0 Å². The van der Waals surface area contributed by atoms with E-state index in [1.54, 1.807) is 30.3 Å². The third-order valence-electron chi connectivity index (χ3n) is 5.17. The van der Waals surface area contributed by atoms with Crippen molar-refractivity contribution in [1.29, 1.82) is 4.78 Å². The number of amides is 1. The molecular weight excluding hydrogens is 427 g/mol. The Balaban J connectivity index is 1.52. The van der Waals surface area contributed by atoms with E-state index in [4.69, 9.17) is 10.5 Å². The molecule has 0 spiro atoms. The van der Waals surface area contributed by atoms with Crippen LogP contribution in [0.15, 0.2) is 101 Å². The molecule has 1 aliphatic carbocycles. The van der Waals surface area contributed by atoms with Crippen molar-refractivity contribution in [2.45, 2.75) is 22.3 Å². The molecule has 1 aliphatic rings. The number of aromatic nitrogens is 1. The van der Waals surface area contributed by atoms with Gasteiger partial charge in [-0.15, -0.1) is 0 Å². The minimum Gasteiger partial charge on any atom is -0.324 e. The Hall–Kier alpha value is -3.62. The molecule has 4 N–H and O–H groups in total. The van der Waals surface area contributed by atoms with Crippen LogP contribution in [0.2, 0.25) is 0 Å². The van der Waals surface area contributed by atoms with Gasteiger partial charge in [0.25, 0.3) is 5.91 Å². The molecule has 0 saturated heterocycles. The fourth-order valence-electron chi connectivity index (χ4n) is 3.35. The van der Waals surface area contributed by atoms with Crippen LogP contribution in [0.3, 0.4) is 0 Å². The highest BCUT2D eigenvalue weighted by Gasteiger charge is 2.19. The number of allylic oxidation sites excluding steroid dienone is 2. The first-order valence-corrected chi connectivity index (χ1v) is 11.4. The van der Waals surface area contributed by atoms with Gasteiger partial charge in [-0.3, -0.25) is 9.78 Å². The zero-order chi connectivity index (χ0) is 22.7. The molecule has 8 heteroatoms. The van der Waals surface area contributed by atoms with E-state index in [9.17, 15) is 13.4 Å². The van der Waals surface area contributed by atoms with Crippen LogP contribution in [0.25, 0.3) is 5.57 Å². The summed E-state index contributed by atoms with van der Waals surface area (Å²) < 4.78 is 34.4. The molecule has 0 aliphatic heterocycles. The van der Waals surface area contributed by atoms with Crippen LogP contribution in [0.1, 0.15) is 22.3 Å². The fourth-order valence-corrected chi connectivity index (χ4v) is 4.65. The highest BCUT2D eigenvalue weighted by Crippen LogP contribution is 2.25. The van der Waals surface area contributed by atoms with Gasteiger partial charge >= 0.3 is 0 Å². The molecule has 32 heavy (non-hydrogen) atoms. The maximum absolute atomic E-state index is 13.2. The van der Waals surface area contributed by atoms with Crippen LogP contribution in [0.4, 0.5) is 4.39 Å². The number of hydrogen-bond donors (Lipinski definition) is 3. The second kappa shape index (κ2) is 8.86. The number of rotatable bonds is 5. The van der Waals surface area contributed by atoms with Gasteiger partial charge in [0, 0.05) is 29.7 Å². The molecule has 2 unspecified atom stereocenters. The van der Waals surface area contributed by atoms with Crippen LogP contribution in [-0.2, 0) is 9.73 Å². The maximum atomic E-state index is 13.2. The van der Waals surface area contributed by atoms with Crippen LogP contribution in [-0.4, -0.2) is 21.1 Å². The van der Waals surface area contributed by atoms with Crippen LogP contribution < -0.4 is 11.1 Å². The van der Waals surface area contributed by atoms with Crippen molar-refractivity contribution >= 4 is 21.2 Å². The Kier molecular flexibility index (Phi) is 5.98. The lowest BCUT2D eigenvalue weighted by molar-refractivity contribution is 0.0963. The summed E-state index contributed by atoms with van der Waals surface area (Å²) in [4.78, 5) is 17.3. The predicted molar refractivity (Wildman–Crippen MR) is 121 cm³/mol. The minimum absolute atomic E-state index is 0.301. The van der Waals surface area contributed by atoms with Gasteiger partial charge in [0.2, 0.25) is 0 Å². The monoisotopic (exact) mass is 448 g/mol. The zero-order valence-electron chi connectivity index (χ0n) is 17.0. The second-order valence-electron chi connectivity index (χ2n) is 7.33. The largest absolute Gasteiger partial charge is 0.324 e. The lowest BCUT2D eigenvalue weighted by Gasteiger charge is -2.21. The van der Waals surface area contributed by atoms with Crippen molar-refractivity contribution in [3.05, 3.63) is 108 Å². The van der Waals surface area contributed by atoms with E-state index in [-0.39, 0.29) is 17.8 Å². The van der Waals surface area contributed by atoms with Crippen molar-refractivity contribution < 1.29 is 13.4 Å². The fraction of sp³-hybridized carbons (Fsp3) is 0.0833. The van der Waals surface area contributed by atoms with E-state index < -0.39 is 9.73 Å². The smallest absolute Gasteiger partial charge is 0.255 e. The van der Waals surface area contributed by atoms with E-state index in [0.717, 1.165) is 11.1 Å². The number of benzene rings is 2. The summed E-state index contributed by atoms with van der Waals surface area (Å²) >= 11 is 0. The number of halogens is 1. The number of nitrogens with two attached hydrogens (primary N) is 1. The van der Waals surface area contributed by atoms with Crippen molar-refractivity contribution in [1.82, 2.24) is 10.3 Å². The van der Waals surface area contributed by atoms with Gasteiger partial charge in [0.05, 0.1) is 9.79 Å². The molecule has 0 saturated carbocycles. The topological polar surface area (TPSA) is 109 Å². The summed E-state index contributed by atoms with van der Waals surface area (Å²) in [5.41, 5.74) is 8.75. The molecule has 0 bridgehead atoms. The SMILES string of the molecule is N=S(=O)(c1ccncc1)c1ccc(C(=O)NC2=CC(c3ccc(F)cc3)=CCC2N)cc1. The number of carbonyl (C=O) groups is 1. The number of nitrogens with one attached hydrogen (secondary N) is 2. The standard InChI is InChI=1S/C24H21FN4O2S/c25-19-6-1-16(2-7-19)18-5-10-22(26)23(15-18)29-24(30)17-3-8-20(9-4-17)32(27,31)21-11-13-28-14-12-21/h1-9,11-15,22,27H,10,26H2,(H,29,30). The van der Waals surface area contributed by atoms with E-state index in [1.807, 2.05) is 6.08 Å². The van der Waals surface area contributed by atoms with E-state index >= 15 is 0 Å². The molecule has 0 radical (unpaired) electrons. The highest BCUT2D eigenvalue weighted by atomic mass is 32.2. The number of pyridine rings is 1. The average molecular weight is 449 g/mol.